The Kier molecular flexibility index (Phi) is 1.11. The van der Waals surface area contributed by atoms with Crippen LogP contribution < -0.4 is 0 Å². The van der Waals surface area contributed by atoms with E-state index < -0.39 is 0 Å². The molecule has 1 nitrogen and oxygen atoms in total. The van der Waals surface area contributed by atoms with Crippen LogP contribution in [0.15, 0.2) is 17.2 Å². The van der Waals surface area contributed by atoms with Crippen molar-refractivity contribution in [3.05, 3.63) is 17.8 Å². The maximum Gasteiger partial charge on any atom is 0.0692 e. The average Bonchev–Trinajstić information content (AvgIpc) is 1.87. The lowest BCUT2D eigenvalue weighted by atomic mass is 10.5. The van der Waals surface area contributed by atoms with Crippen LogP contribution in [0.5, 0.6) is 0 Å². The quantitative estimate of drug-likeness (QED) is 0.475. The largest absolute Gasteiger partial charge is 0.354 e. The molecule has 0 aliphatic heterocycles. The Bertz CT molecular complexity index is 140. The van der Waals surface area contributed by atoms with Gasteiger partial charge in [-0.05, 0) is 19.1 Å². The molecule has 0 atom stereocenters. The molecule has 1 N–H and O–H groups in total. The SMILES string of the molecule is Cc1ccc(S)[nH]1. The minimum absolute atomic E-state index is 0.928. The lowest BCUT2D eigenvalue weighted by molar-refractivity contribution is 1.14. The van der Waals surface area contributed by atoms with E-state index in [1.807, 2.05) is 19.1 Å². The molecule has 0 saturated heterocycles. The number of aromatic nitrogens is 1. The minimum atomic E-state index is 0.928. The van der Waals surface area contributed by atoms with E-state index >= 15 is 0 Å². The summed E-state index contributed by atoms with van der Waals surface area (Å²) in [5, 5.41) is 0.928. The molecular weight excluding hydrogens is 106 g/mol. The predicted octanol–water partition coefficient (Wildman–Crippen LogP) is 1.61. The van der Waals surface area contributed by atoms with Crippen molar-refractivity contribution >= 4 is 12.6 Å². The average molecular weight is 113 g/mol. The van der Waals surface area contributed by atoms with Crippen LogP contribution >= 0.6 is 12.6 Å². The zero-order chi connectivity index (χ0) is 5.28. The summed E-state index contributed by atoms with van der Waals surface area (Å²) >= 11 is 4.05. The molecule has 7 heavy (non-hydrogen) atoms. The molecule has 38 valence electrons. The van der Waals surface area contributed by atoms with E-state index in [9.17, 15) is 0 Å². The molecule has 0 bridgehead atoms. The maximum atomic E-state index is 4.05. The van der Waals surface area contributed by atoms with E-state index in [2.05, 4.69) is 17.6 Å². The molecule has 2 heteroatoms. The van der Waals surface area contributed by atoms with Crippen LogP contribution in [-0.2, 0) is 0 Å². The third-order valence-electron chi connectivity index (χ3n) is 0.816. The van der Waals surface area contributed by atoms with Crippen LogP contribution in [0, 0.1) is 6.92 Å². The first-order valence-electron chi connectivity index (χ1n) is 2.13. The molecule has 0 fully saturated rings. The van der Waals surface area contributed by atoms with Crippen molar-refractivity contribution in [1.29, 1.82) is 0 Å². The smallest absolute Gasteiger partial charge is 0.0692 e. The predicted molar refractivity (Wildman–Crippen MR) is 32.8 cm³/mol. The van der Waals surface area contributed by atoms with Crippen LogP contribution in [0.1, 0.15) is 5.69 Å². The molecule has 0 amide bonds. The Balaban J connectivity index is 3.04. The van der Waals surface area contributed by atoms with Gasteiger partial charge < -0.3 is 4.98 Å². The number of hydrogen-bond acceptors (Lipinski definition) is 1. The van der Waals surface area contributed by atoms with Gasteiger partial charge in [0.05, 0.1) is 5.03 Å². The van der Waals surface area contributed by atoms with Crippen LogP contribution in [0.3, 0.4) is 0 Å². The summed E-state index contributed by atoms with van der Waals surface area (Å²) in [7, 11) is 0. The van der Waals surface area contributed by atoms with Gasteiger partial charge in [0.25, 0.3) is 0 Å². The summed E-state index contributed by atoms with van der Waals surface area (Å²) in [5.41, 5.74) is 1.16. The first-order valence-corrected chi connectivity index (χ1v) is 2.58. The summed E-state index contributed by atoms with van der Waals surface area (Å²) in [5.74, 6) is 0. The molecule has 0 spiro atoms. The zero-order valence-electron chi connectivity index (χ0n) is 4.10. The van der Waals surface area contributed by atoms with Gasteiger partial charge >= 0.3 is 0 Å². The van der Waals surface area contributed by atoms with Gasteiger partial charge in [-0.25, -0.2) is 0 Å². The Morgan fingerprint density at radius 2 is 2.29 bits per heavy atom. The highest BCUT2D eigenvalue weighted by Gasteiger charge is 1.83. The number of aromatic amines is 1. The summed E-state index contributed by atoms with van der Waals surface area (Å²) in [6.07, 6.45) is 0. The fourth-order valence-electron chi connectivity index (χ4n) is 0.489. The Labute approximate surface area is 48.2 Å². The molecule has 0 saturated carbocycles. The molecule has 1 aromatic rings. The number of H-pyrrole nitrogens is 1. The lowest BCUT2D eigenvalue weighted by Crippen LogP contribution is -1.63. The van der Waals surface area contributed by atoms with Crippen LogP contribution in [0.2, 0.25) is 0 Å². The van der Waals surface area contributed by atoms with Crippen molar-refractivity contribution in [2.75, 3.05) is 0 Å². The molecule has 1 aromatic heterocycles. The van der Waals surface area contributed by atoms with E-state index in [1.165, 1.54) is 0 Å². The highest BCUT2D eigenvalue weighted by Crippen LogP contribution is 2.02. The third kappa shape index (κ3) is 0.996. The highest BCUT2D eigenvalue weighted by atomic mass is 32.1. The normalized spacial score (nSPS) is 9.43. The number of nitrogens with one attached hydrogen (secondary N) is 1. The summed E-state index contributed by atoms with van der Waals surface area (Å²) < 4.78 is 0. The van der Waals surface area contributed by atoms with Gasteiger partial charge in [0, 0.05) is 5.69 Å². The lowest BCUT2D eigenvalue weighted by Gasteiger charge is -1.76. The fraction of sp³-hybridized carbons (Fsp3) is 0.200. The van der Waals surface area contributed by atoms with Gasteiger partial charge in [0.15, 0.2) is 0 Å². The zero-order valence-corrected chi connectivity index (χ0v) is 5.00. The Morgan fingerprint density at radius 3 is 2.43 bits per heavy atom. The van der Waals surface area contributed by atoms with Crippen molar-refractivity contribution < 1.29 is 0 Å². The van der Waals surface area contributed by atoms with Crippen molar-refractivity contribution in [2.45, 2.75) is 11.9 Å². The fourth-order valence-corrected chi connectivity index (χ4v) is 0.740. The van der Waals surface area contributed by atoms with Gasteiger partial charge in [-0.15, -0.1) is 12.6 Å². The summed E-state index contributed by atoms with van der Waals surface area (Å²) in [6.45, 7) is 2.00. The van der Waals surface area contributed by atoms with Crippen LogP contribution in [-0.4, -0.2) is 4.98 Å². The second kappa shape index (κ2) is 1.62. The minimum Gasteiger partial charge on any atom is -0.354 e. The number of aryl methyl sites for hydroxylation is 1. The van der Waals surface area contributed by atoms with Gasteiger partial charge in [-0.3, -0.25) is 0 Å². The summed E-state index contributed by atoms with van der Waals surface area (Å²) in [6, 6.07) is 3.92. The van der Waals surface area contributed by atoms with E-state index in [-0.39, 0.29) is 0 Å². The molecule has 0 aromatic carbocycles. The van der Waals surface area contributed by atoms with E-state index in [0.29, 0.717) is 0 Å². The molecule has 1 heterocycles. The molecule has 0 aliphatic rings. The van der Waals surface area contributed by atoms with Crippen molar-refractivity contribution in [3.63, 3.8) is 0 Å². The van der Waals surface area contributed by atoms with Gasteiger partial charge in [-0.1, -0.05) is 0 Å². The van der Waals surface area contributed by atoms with E-state index in [1.54, 1.807) is 0 Å². The molecule has 0 radical (unpaired) electrons. The Hall–Kier alpha value is -0.370. The second-order valence-electron chi connectivity index (χ2n) is 1.53. The van der Waals surface area contributed by atoms with Gasteiger partial charge in [0.1, 0.15) is 0 Å². The van der Waals surface area contributed by atoms with Crippen molar-refractivity contribution in [3.8, 4) is 0 Å². The topological polar surface area (TPSA) is 15.8 Å². The van der Waals surface area contributed by atoms with Crippen LogP contribution in [0.25, 0.3) is 0 Å². The van der Waals surface area contributed by atoms with Crippen molar-refractivity contribution in [1.82, 2.24) is 4.98 Å². The highest BCUT2D eigenvalue weighted by molar-refractivity contribution is 7.80. The standard InChI is InChI=1S/C5H7NS/c1-4-2-3-5(7)6-4/h2-3,6-7H,1H3. The number of thiol groups is 1. The monoisotopic (exact) mass is 113 g/mol. The molecule has 0 aliphatic carbocycles. The molecule has 0 unspecified atom stereocenters. The number of rotatable bonds is 0. The summed E-state index contributed by atoms with van der Waals surface area (Å²) in [4.78, 5) is 3.00. The van der Waals surface area contributed by atoms with E-state index in [0.717, 1.165) is 10.7 Å². The third-order valence-corrected chi connectivity index (χ3v) is 1.08. The first kappa shape index (κ1) is 4.78. The number of hydrogen-bond donors (Lipinski definition) is 2. The van der Waals surface area contributed by atoms with Crippen molar-refractivity contribution in [2.24, 2.45) is 0 Å². The second-order valence-corrected chi connectivity index (χ2v) is 2.01. The molecule has 1 rings (SSSR count). The first-order chi connectivity index (χ1) is 3.29. The van der Waals surface area contributed by atoms with Gasteiger partial charge in [0.2, 0.25) is 0 Å². The van der Waals surface area contributed by atoms with E-state index in [4.69, 9.17) is 0 Å². The maximum absolute atomic E-state index is 4.05. The Morgan fingerprint density at radius 1 is 1.57 bits per heavy atom. The van der Waals surface area contributed by atoms with Crippen LogP contribution in [0.4, 0.5) is 0 Å². The molecular formula is C5H7NS. The van der Waals surface area contributed by atoms with Gasteiger partial charge in [-0.2, -0.15) is 0 Å².